The third kappa shape index (κ3) is 2.28. The molecule has 1 fully saturated rings. The third-order valence-corrected chi connectivity index (χ3v) is 3.47. The van der Waals surface area contributed by atoms with Crippen LogP contribution in [-0.2, 0) is 4.74 Å². The summed E-state index contributed by atoms with van der Waals surface area (Å²) < 4.78 is 5.76. The lowest BCUT2D eigenvalue weighted by Gasteiger charge is -2.38. The van der Waals surface area contributed by atoms with Crippen LogP contribution in [0.1, 0.15) is 43.4 Å². The maximum atomic E-state index is 10.4. The molecule has 88 valence electrons. The van der Waals surface area contributed by atoms with Crippen molar-refractivity contribution in [3.63, 3.8) is 0 Å². The van der Waals surface area contributed by atoms with Crippen LogP contribution in [0.5, 0.6) is 0 Å². The van der Waals surface area contributed by atoms with Crippen molar-refractivity contribution in [1.82, 2.24) is 0 Å². The highest BCUT2D eigenvalue weighted by molar-refractivity contribution is 5.25. The molecule has 16 heavy (non-hydrogen) atoms. The summed E-state index contributed by atoms with van der Waals surface area (Å²) in [6.45, 7) is 4.82. The highest BCUT2D eigenvalue weighted by Gasteiger charge is 2.36. The molecule has 1 aromatic rings. The molecular formula is C14H20O2. The van der Waals surface area contributed by atoms with E-state index >= 15 is 0 Å². The van der Waals surface area contributed by atoms with Gasteiger partial charge in [-0.15, -0.1) is 0 Å². The first-order valence-corrected chi connectivity index (χ1v) is 6.00. The molecule has 0 saturated carbocycles. The van der Waals surface area contributed by atoms with Crippen molar-refractivity contribution in [2.45, 2.75) is 44.8 Å². The summed E-state index contributed by atoms with van der Waals surface area (Å²) in [6.07, 6.45) is 2.66. The fourth-order valence-corrected chi connectivity index (χ4v) is 2.27. The van der Waals surface area contributed by atoms with E-state index in [1.54, 1.807) is 0 Å². The second-order valence-corrected chi connectivity index (χ2v) is 4.93. The van der Waals surface area contributed by atoms with Gasteiger partial charge in [0.15, 0.2) is 0 Å². The highest BCUT2D eigenvalue weighted by atomic mass is 16.5. The maximum Gasteiger partial charge on any atom is 0.108 e. The van der Waals surface area contributed by atoms with E-state index in [4.69, 9.17) is 4.74 Å². The number of aryl methyl sites for hydroxylation is 1. The smallest absolute Gasteiger partial charge is 0.108 e. The number of hydrogen-bond donors (Lipinski definition) is 1. The zero-order valence-electron chi connectivity index (χ0n) is 10.1. The molecular weight excluding hydrogens is 200 g/mol. The van der Waals surface area contributed by atoms with E-state index in [1.807, 2.05) is 31.2 Å². The summed E-state index contributed by atoms with van der Waals surface area (Å²) >= 11 is 0. The number of hydrogen-bond acceptors (Lipinski definition) is 2. The third-order valence-electron chi connectivity index (χ3n) is 3.47. The van der Waals surface area contributed by atoms with E-state index in [0.29, 0.717) is 0 Å². The number of ether oxygens (including phenoxy) is 1. The van der Waals surface area contributed by atoms with Gasteiger partial charge in [0.05, 0.1) is 5.60 Å². The first-order chi connectivity index (χ1) is 7.62. The van der Waals surface area contributed by atoms with E-state index in [9.17, 15) is 5.11 Å². The minimum absolute atomic E-state index is 0.409. The van der Waals surface area contributed by atoms with Crippen LogP contribution in [0.25, 0.3) is 0 Å². The molecule has 1 aliphatic rings. The molecule has 0 bridgehead atoms. The van der Waals surface area contributed by atoms with E-state index in [1.165, 1.54) is 5.56 Å². The van der Waals surface area contributed by atoms with Crippen molar-refractivity contribution in [3.05, 3.63) is 35.4 Å². The lowest BCUT2D eigenvalue weighted by atomic mass is 9.86. The van der Waals surface area contributed by atoms with Gasteiger partial charge in [-0.05, 0) is 38.7 Å². The van der Waals surface area contributed by atoms with Gasteiger partial charge >= 0.3 is 0 Å². The van der Waals surface area contributed by atoms with Crippen molar-refractivity contribution in [3.8, 4) is 0 Å². The monoisotopic (exact) mass is 220 g/mol. The summed E-state index contributed by atoms with van der Waals surface area (Å²) in [6, 6.07) is 8.04. The molecule has 1 aliphatic heterocycles. The average molecular weight is 220 g/mol. The van der Waals surface area contributed by atoms with E-state index in [0.717, 1.165) is 31.4 Å². The van der Waals surface area contributed by atoms with Gasteiger partial charge in [0.25, 0.3) is 0 Å². The standard InChI is InChI=1S/C14H20O2/c1-11-5-7-12(8-6-11)13(15)14(2)9-3-4-10-16-14/h5-8,13,15H,3-4,9-10H2,1-2H3. The van der Waals surface area contributed by atoms with Crippen LogP contribution in [0.3, 0.4) is 0 Å². The summed E-state index contributed by atoms with van der Waals surface area (Å²) in [7, 11) is 0. The van der Waals surface area contributed by atoms with Gasteiger partial charge in [-0.2, -0.15) is 0 Å². The van der Waals surface area contributed by atoms with Gasteiger partial charge in [-0.3, -0.25) is 0 Å². The molecule has 1 aromatic carbocycles. The molecule has 1 N–H and O–H groups in total. The maximum absolute atomic E-state index is 10.4. The largest absolute Gasteiger partial charge is 0.385 e. The average Bonchev–Trinajstić information content (AvgIpc) is 2.30. The normalized spacial score (nSPS) is 27.7. The van der Waals surface area contributed by atoms with Crippen LogP contribution in [0.4, 0.5) is 0 Å². The van der Waals surface area contributed by atoms with Gasteiger partial charge in [0.2, 0.25) is 0 Å². The van der Waals surface area contributed by atoms with Crippen molar-refractivity contribution in [1.29, 1.82) is 0 Å². The Hall–Kier alpha value is -0.860. The molecule has 1 heterocycles. The zero-order valence-corrected chi connectivity index (χ0v) is 10.1. The summed E-state index contributed by atoms with van der Waals surface area (Å²) in [5, 5.41) is 10.4. The van der Waals surface area contributed by atoms with Crippen LogP contribution in [0.2, 0.25) is 0 Å². The molecule has 0 spiro atoms. The van der Waals surface area contributed by atoms with Gasteiger partial charge in [0.1, 0.15) is 6.10 Å². The molecule has 0 radical (unpaired) electrons. The first-order valence-electron chi connectivity index (χ1n) is 6.00. The minimum Gasteiger partial charge on any atom is -0.385 e. The van der Waals surface area contributed by atoms with Crippen molar-refractivity contribution in [2.75, 3.05) is 6.61 Å². The minimum atomic E-state index is -0.520. The Morgan fingerprint density at radius 3 is 2.50 bits per heavy atom. The second-order valence-electron chi connectivity index (χ2n) is 4.93. The van der Waals surface area contributed by atoms with Gasteiger partial charge < -0.3 is 9.84 Å². The Labute approximate surface area is 97.3 Å². The lowest BCUT2D eigenvalue weighted by Crippen LogP contribution is -2.39. The second kappa shape index (κ2) is 4.56. The van der Waals surface area contributed by atoms with Gasteiger partial charge in [-0.25, -0.2) is 0 Å². The molecule has 2 atom stereocenters. The van der Waals surface area contributed by atoms with E-state index in [2.05, 4.69) is 6.92 Å². The lowest BCUT2D eigenvalue weighted by molar-refractivity contribution is -0.138. The van der Waals surface area contributed by atoms with Crippen LogP contribution >= 0.6 is 0 Å². The van der Waals surface area contributed by atoms with Crippen molar-refractivity contribution >= 4 is 0 Å². The van der Waals surface area contributed by atoms with E-state index in [-0.39, 0.29) is 0 Å². The van der Waals surface area contributed by atoms with Gasteiger partial charge in [0, 0.05) is 6.61 Å². The molecule has 2 rings (SSSR count). The SMILES string of the molecule is Cc1ccc(C(O)C2(C)CCCCO2)cc1. The Morgan fingerprint density at radius 1 is 1.25 bits per heavy atom. The predicted octanol–water partition coefficient (Wildman–Crippen LogP) is 2.99. The molecule has 2 nitrogen and oxygen atoms in total. The zero-order chi connectivity index (χ0) is 11.6. The van der Waals surface area contributed by atoms with Crippen LogP contribution in [0.15, 0.2) is 24.3 Å². The Balaban J connectivity index is 2.16. The summed E-state index contributed by atoms with van der Waals surface area (Å²) in [4.78, 5) is 0. The van der Waals surface area contributed by atoms with Crippen molar-refractivity contribution < 1.29 is 9.84 Å². The Bertz CT molecular complexity index is 336. The fourth-order valence-electron chi connectivity index (χ4n) is 2.27. The molecule has 0 aliphatic carbocycles. The van der Waals surface area contributed by atoms with Crippen LogP contribution < -0.4 is 0 Å². The Morgan fingerprint density at radius 2 is 1.94 bits per heavy atom. The number of rotatable bonds is 2. The van der Waals surface area contributed by atoms with Crippen molar-refractivity contribution in [2.24, 2.45) is 0 Å². The summed E-state index contributed by atoms with van der Waals surface area (Å²) in [5.41, 5.74) is 1.76. The van der Waals surface area contributed by atoms with E-state index < -0.39 is 11.7 Å². The molecule has 1 saturated heterocycles. The topological polar surface area (TPSA) is 29.5 Å². The Kier molecular flexibility index (Phi) is 3.31. The van der Waals surface area contributed by atoms with Gasteiger partial charge in [-0.1, -0.05) is 29.8 Å². The molecule has 0 aromatic heterocycles. The predicted molar refractivity (Wildman–Crippen MR) is 64.3 cm³/mol. The summed E-state index contributed by atoms with van der Waals surface area (Å²) in [5.74, 6) is 0. The molecule has 0 amide bonds. The van der Waals surface area contributed by atoms with Crippen LogP contribution in [-0.4, -0.2) is 17.3 Å². The quantitative estimate of drug-likeness (QED) is 0.830. The molecule has 2 heteroatoms. The number of aliphatic hydroxyl groups excluding tert-OH is 1. The van der Waals surface area contributed by atoms with Crippen LogP contribution in [0, 0.1) is 6.92 Å². The highest BCUT2D eigenvalue weighted by Crippen LogP contribution is 2.36. The first kappa shape index (κ1) is 11.6. The fraction of sp³-hybridized carbons (Fsp3) is 0.571. The number of benzene rings is 1. The number of aliphatic hydroxyl groups is 1. The molecule has 2 unspecified atom stereocenters.